The van der Waals surface area contributed by atoms with Crippen LogP contribution in [0.1, 0.15) is 32.3 Å². The summed E-state index contributed by atoms with van der Waals surface area (Å²) in [4.78, 5) is 0. The van der Waals surface area contributed by atoms with E-state index in [-0.39, 0.29) is 6.10 Å². The van der Waals surface area contributed by atoms with E-state index < -0.39 is 0 Å². The van der Waals surface area contributed by atoms with Gasteiger partial charge in [-0.15, -0.1) is 0 Å². The zero-order valence-corrected chi connectivity index (χ0v) is 9.49. The van der Waals surface area contributed by atoms with E-state index in [4.69, 9.17) is 4.74 Å². The molecule has 0 radical (unpaired) electrons. The zero-order valence-electron chi connectivity index (χ0n) is 9.49. The van der Waals surface area contributed by atoms with Crippen molar-refractivity contribution in [3.05, 3.63) is 29.8 Å². The Labute approximate surface area is 91.6 Å². The molecule has 1 aliphatic carbocycles. The van der Waals surface area contributed by atoms with Crippen LogP contribution in [0.25, 0.3) is 0 Å². The van der Waals surface area contributed by atoms with E-state index >= 15 is 0 Å². The average molecular weight is 205 g/mol. The maximum Gasteiger partial charge on any atom is 0.120 e. The molecule has 2 rings (SSSR count). The van der Waals surface area contributed by atoms with E-state index in [1.54, 1.807) is 0 Å². The number of ether oxygens (including phenoxy) is 1. The fourth-order valence-corrected chi connectivity index (χ4v) is 1.55. The molecule has 2 heteroatoms. The third-order valence-electron chi connectivity index (χ3n) is 2.44. The van der Waals surface area contributed by atoms with E-state index in [9.17, 15) is 0 Å². The van der Waals surface area contributed by atoms with Gasteiger partial charge in [0.05, 0.1) is 6.10 Å². The van der Waals surface area contributed by atoms with Crippen LogP contribution in [-0.2, 0) is 6.54 Å². The van der Waals surface area contributed by atoms with Crippen LogP contribution in [-0.4, -0.2) is 12.1 Å². The second kappa shape index (κ2) is 4.67. The summed E-state index contributed by atoms with van der Waals surface area (Å²) in [5.74, 6) is 0.972. The van der Waals surface area contributed by atoms with Gasteiger partial charge in [-0.05, 0) is 44.4 Å². The maximum absolute atomic E-state index is 5.65. The van der Waals surface area contributed by atoms with Crippen LogP contribution < -0.4 is 10.1 Å². The first-order valence-electron chi connectivity index (χ1n) is 5.73. The summed E-state index contributed by atoms with van der Waals surface area (Å²) in [6.45, 7) is 5.06. The molecule has 0 amide bonds. The average Bonchev–Trinajstić information content (AvgIpc) is 2.97. The monoisotopic (exact) mass is 205 g/mol. The predicted molar refractivity (Wildman–Crippen MR) is 62.1 cm³/mol. The number of hydrogen-bond acceptors (Lipinski definition) is 2. The summed E-state index contributed by atoms with van der Waals surface area (Å²) in [6.07, 6.45) is 2.92. The molecule has 2 nitrogen and oxygen atoms in total. The smallest absolute Gasteiger partial charge is 0.120 e. The highest BCUT2D eigenvalue weighted by molar-refractivity contribution is 5.28. The van der Waals surface area contributed by atoms with Crippen molar-refractivity contribution in [2.45, 2.75) is 45.4 Å². The fraction of sp³-hybridized carbons (Fsp3) is 0.538. The van der Waals surface area contributed by atoms with Crippen molar-refractivity contribution in [3.8, 4) is 5.75 Å². The van der Waals surface area contributed by atoms with E-state index in [0.29, 0.717) is 0 Å². The lowest BCUT2D eigenvalue weighted by molar-refractivity contribution is 0.242. The van der Waals surface area contributed by atoms with Crippen LogP contribution >= 0.6 is 0 Å². The molecule has 0 saturated heterocycles. The molecular weight excluding hydrogens is 186 g/mol. The number of rotatable bonds is 5. The topological polar surface area (TPSA) is 21.3 Å². The highest BCUT2D eigenvalue weighted by atomic mass is 16.5. The lowest BCUT2D eigenvalue weighted by Crippen LogP contribution is -2.15. The van der Waals surface area contributed by atoms with Gasteiger partial charge in [0, 0.05) is 12.6 Å². The highest BCUT2D eigenvalue weighted by Crippen LogP contribution is 2.20. The first-order chi connectivity index (χ1) is 7.24. The lowest BCUT2D eigenvalue weighted by atomic mass is 10.2. The summed E-state index contributed by atoms with van der Waals surface area (Å²) in [5.41, 5.74) is 1.31. The van der Waals surface area contributed by atoms with Gasteiger partial charge in [-0.2, -0.15) is 0 Å². The molecule has 0 bridgehead atoms. The van der Waals surface area contributed by atoms with E-state index in [2.05, 4.69) is 37.4 Å². The molecule has 0 unspecified atom stereocenters. The number of benzene rings is 1. The van der Waals surface area contributed by atoms with Gasteiger partial charge in [-0.3, -0.25) is 0 Å². The maximum atomic E-state index is 5.65. The molecule has 0 atom stereocenters. The minimum Gasteiger partial charge on any atom is -0.491 e. The van der Waals surface area contributed by atoms with Crippen molar-refractivity contribution in [2.75, 3.05) is 0 Å². The van der Waals surface area contributed by atoms with E-state index in [0.717, 1.165) is 18.3 Å². The summed E-state index contributed by atoms with van der Waals surface area (Å²) in [5, 5.41) is 3.50. The largest absolute Gasteiger partial charge is 0.491 e. The molecule has 15 heavy (non-hydrogen) atoms. The van der Waals surface area contributed by atoms with Crippen molar-refractivity contribution in [3.63, 3.8) is 0 Å². The molecular formula is C13H19NO. The van der Waals surface area contributed by atoms with Gasteiger partial charge < -0.3 is 10.1 Å². The minimum atomic E-state index is 0.247. The highest BCUT2D eigenvalue weighted by Gasteiger charge is 2.19. The van der Waals surface area contributed by atoms with Gasteiger partial charge in [0.2, 0.25) is 0 Å². The summed E-state index contributed by atoms with van der Waals surface area (Å²) >= 11 is 0. The van der Waals surface area contributed by atoms with Crippen molar-refractivity contribution in [1.82, 2.24) is 5.32 Å². The Balaban J connectivity index is 1.91. The predicted octanol–water partition coefficient (Wildman–Crippen LogP) is 2.73. The van der Waals surface area contributed by atoms with Crippen molar-refractivity contribution in [2.24, 2.45) is 0 Å². The minimum absolute atomic E-state index is 0.247. The molecule has 0 spiro atoms. The molecule has 1 N–H and O–H groups in total. The number of hydrogen-bond donors (Lipinski definition) is 1. The molecule has 82 valence electrons. The van der Waals surface area contributed by atoms with E-state index in [1.807, 2.05) is 6.07 Å². The summed E-state index contributed by atoms with van der Waals surface area (Å²) in [6, 6.07) is 9.10. The van der Waals surface area contributed by atoms with Crippen LogP contribution in [0.2, 0.25) is 0 Å². The first kappa shape index (κ1) is 10.5. The van der Waals surface area contributed by atoms with Gasteiger partial charge in [0.1, 0.15) is 5.75 Å². The Morgan fingerprint density at radius 3 is 2.87 bits per heavy atom. The molecule has 1 fully saturated rings. The molecule has 0 heterocycles. The van der Waals surface area contributed by atoms with Crippen molar-refractivity contribution in [1.29, 1.82) is 0 Å². The Hall–Kier alpha value is -1.02. The quantitative estimate of drug-likeness (QED) is 0.798. The third kappa shape index (κ3) is 3.56. The Bertz CT molecular complexity index is 318. The Kier molecular flexibility index (Phi) is 3.27. The van der Waals surface area contributed by atoms with Gasteiger partial charge >= 0.3 is 0 Å². The van der Waals surface area contributed by atoms with Crippen molar-refractivity contribution >= 4 is 0 Å². The van der Waals surface area contributed by atoms with Gasteiger partial charge in [-0.25, -0.2) is 0 Å². The zero-order chi connectivity index (χ0) is 10.7. The molecule has 0 aliphatic heterocycles. The van der Waals surface area contributed by atoms with E-state index in [1.165, 1.54) is 18.4 Å². The normalized spacial score (nSPS) is 15.7. The molecule has 1 aromatic rings. The molecule has 1 aliphatic rings. The van der Waals surface area contributed by atoms with Crippen LogP contribution in [0.15, 0.2) is 24.3 Å². The molecule has 1 saturated carbocycles. The van der Waals surface area contributed by atoms with Crippen LogP contribution in [0.4, 0.5) is 0 Å². The standard InChI is InChI=1S/C13H19NO/c1-10(2)15-13-5-3-4-11(8-13)9-14-12-6-7-12/h3-5,8,10,12,14H,6-7,9H2,1-2H3. The van der Waals surface area contributed by atoms with Crippen LogP contribution in [0.5, 0.6) is 5.75 Å². The summed E-state index contributed by atoms with van der Waals surface area (Å²) in [7, 11) is 0. The molecule has 0 aromatic heterocycles. The molecule has 1 aromatic carbocycles. The van der Waals surface area contributed by atoms with Gasteiger partial charge in [-0.1, -0.05) is 12.1 Å². The van der Waals surface area contributed by atoms with Crippen LogP contribution in [0.3, 0.4) is 0 Å². The Morgan fingerprint density at radius 2 is 2.20 bits per heavy atom. The summed E-state index contributed by atoms with van der Waals surface area (Å²) < 4.78 is 5.65. The SMILES string of the molecule is CC(C)Oc1cccc(CNC2CC2)c1. The first-order valence-corrected chi connectivity index (χ1v) is 5.73. The third-order valence-corrected chi connectivity index (χ3v) is 2.44. The van der Waals surface area contributed by atoms with Crippen LogP contribution in [0, 0.1) is 0 Å². The Morgan fingerprint density at radius 1 is 1.40 bits per heavy atom. The lowest BCUT2D eigenvalue weighted by Gasteiger charge is -2.11. The number of nitrogens with one attached hydrogen (secondary N) is 1. The van der Waals surface area contributed by atoms with Crippen molar-refractivity contribution < 1.29 is 4.74 Å². The van der Waals surface area contributed by atoms with Gasteiger partial charge in [0.15, 0.2) is 0 Å². The second-order valence-corrected chi connectivity index (χ2v) is 4.47. The second-order valence-electron chi connectivity index (χ2n) is 4.47. The fourth-order valence-electron chi connectivity index (χ4n) is 1.55. The van der Waals surface area contributed by atoms with Gasteiger partial charge in [0.25, 0.3) is 0 Å².